The quantitative estimate of drug-likeness (QED) is 0.810. The van der Waals surface area contributed by atoms with Crippen molar-refractivity contribution in [1.29, 1.82) is 0 Å². The standard InChI is InChI=1S/C10H14N2O3/c1-2-12-6-7(5-11-12)9-8(10(13)14)3-4-15-9/h5-6,8-9H,2-4H2,1H3,(H,13,14)/t8-,9-/m1/s1. The van der Waals surface area contributed by atoms with Crippen molar-refractivity contribution in [3.63, 3.8) is 0 Å². The predicted molar refractivity (Wildman–Crippen MR) is 52.3 cm³/mol. The Kier molecular flexibility index (Phi) is 2.73. The normalized spacial score (nSPS) is 25.7. The van der Waals surface area contributed by atoms with Gasteiger partial charge in [-0.05, 0) is 13.3 Å². The van der Waals surface area contributed by atoms with Gasteiger partial charge < -0.3 is 9.84 Å². The molecule has 1 aliphatic rings. The van der Waals surface area contributed by atoms with Gasteiger partial charge in [-0.3, -0.25) is 9.48 Å². The molecule has 0 spiro atoms. The Balaban J connectivity index is 2.18. The Morgan fingerprint density at radius 3 is 3.20 bits per heavy atom. The molecule has 0 aromatic carbocycles. The second kappa shape index (κ2) is 4.02. The molecule has 5 nitrogen and oxygen atoms in total. The monoisotopic (exact) mass is 210 g/mol. The molecule has 2 atom stereocenters. The van der Waals surface area contributed by atoms with Crippen LogP contribution in [0.25, 0.3) is 0 Å². The van der Waals surface area contributed by atoms with Crippen molar-refractivity contribution in [2.45, 2.75) is 26.0 Å². The van der Waals surface area contributed by atoms with Crippen LogP contribution in [0.2, 0.25) is 0 Å². The van der Waals surface area contributed by atoms with E-state index in [1.807, 2.05) is 13.1 Å². The molecule has 1 aromatic heterocycles. The van der Waals surface area contributed by atoms with E-state index in [4.69, 9.17) is 9.84 Å². The summed E-state index contributed by atoms with van der Waals surface area (Å²) in [6, 6.07) is 0. The van der Waals surface area contributed by atoms with E-state index >= 15 is 0 Å². The van der Waals surface area contributed by atoms with E-state index in [0.717, 1.165) is 12.1 Å². The van der Waals surface area contributed by atoms with E-state index in [1.54, 1.807) is 10.9 Å². The SMILES string of the molecule is CCn1cc([C@H]2OCC[C@H]2C(=O)O)cn1. The molecule has 2 rings (SSSR count). The molecule has 15 heavy (non-hydrogen) atoms. The molecule has 1 N–H and O–H groups in total. The Bertz CT molecular complexity index is 361. The maximum Gasteiger partial charge on any atom is 0.309 e. The van der Waals surface area contributed by atoms with Gasteiger partial charge in [0.25, 0.3) is 0 Å². The zero-order valence-corrected chi connectivity index (χ0v) is 8.59. The number of carboxylic acids is 1. The highest BCUT2D eigenvalue weighted by atomic mass is 16.5. The molecule has 0 bridgehead atoms. The molecule has 1 aromatic rings. The Labute approximate surface area is 87.7 Å². The first-order chi connectivity index (χ1) is 7.22. The Hall–Kier alpha value is -1.36. The van der Waals surface area contributed by atoms with E-state index in [0.29, 0.717) is 13.0 Å². The third-order valence-electron chi connectivity index (χ3n) is 2.71. The lowest BCUT2D eigenvalue weighted by molar-refractivity contribution is -0.143. The van der Waals surface area contributed by atoms with Crippen LogP contribution in [0.1, 0.15) is 25.0 Å². The summed E-state index contributed by atoms with van der Waals surface area (Å²) in [4.78, 5) is 11.0. The summed E-state index contributed by atoms with van der Waals surface area (Å²) < 4.78 is 7.21. The second-order valence-corrected chi connectivity index (χ2v) is 3.65. The fraction of sp³-hybridized carbons (Fsp3) is 0.600. The minimum atomic E-state index is -0.790. The van der Waals surface area contributed by atoms with Gasteiger partial charge in [-0.25, -0.2) is 0 Å². The molecule has 0 unspecified atom stereocenters. The maximum atomic E-state index is 11.0. The lowest BCUT2D eigenvalue weighted by Gasteiger charge is -2.12. The first-order valence-electron chi connectivity index (χ1n) is 5.09. The van der Waals surface area contributed by atoms with Crippen LogP contribution < -0.4 is 0 Å². The fourth-order valence-electron chi connectivity index (χ4n) is 1.87. The van der Waals surface area contributed by atoms with Crippen molar-refractivity contribution in [3.8, 4) is 0 Å². The Morgan fingerprint density at radius 2 is 2.60 bits per heavy atom. The Morgan fingerprint density at radius 1 is 1.80 bits per heavy atom. The van der Waals surface area contributed by atoms with Crippen LogP contribution in [0.4, 0.5) is 0 Å². The third-order valence-corrected chi connectivity index (χ3v) is 2.71. The van der Waals surface area contributed by atoms with Gasteiger partial charge in [0.2, 0.25) is 0 Å². The number of aryl methyl sites for hydroxylation is 1. The first kappa shape index (κ1) is 10.2. The molecule has 1 saturated heterocycles. The van der Waals surface area contributed by atoms with Gasteiger partial charge in [-0.15, -0.1) is 0 Å². The molecule has 0 saturated carbocycles. The van der Waals surface area contributed by atoms with Gasteiger partial charge in [0.05, 0.1) is 18.2 Å². The van der Waals surface area contributed by atoms with Gasteiger partial charge in [-0.2, -0.15) is 5.10 Å². The number of carbonyl (C=O) groups is 1. The number of aliphatic carboxylic acids is 1. The number of rotatable bonds is 3. The first-order valence-corrected chi connectivity index (χ1v) is 5.09. The summed E-state index contributed by atoms with van der Waals surface area (Å²) in [6.45, 7) is 3.28. The molecule has 82 valence electrons. The van der Waals surface area contributed by atoms with E-state index < -0.39 is 11.9 Å². The fourth-order valence-corrected chi connectivity index (χ4v) is 1.87. The zero-order valence-electron chi connectivity index (χ0n) is 8.59. The van der Waals surface area contributed by atoms with Crippen molar-refractivity contribution < 1.29 is 14.6 Å². The molecule has 5 heteroatoms. The van der Waals surface area contributed by atoms with Crippen molar-refractivity contribution >= 4 is 5.97 Å². The number of hydrogen-bond donors (Lipinski definition) is 1. The number of nitrogens with zero attached hydrogens (tertiary/aromatic N) is 2. The molecule has 2 heterocycles. The highest BCUT2D eigenvalue weighted by Gasteiger charge is 2.35. The largest absolute Gasteiger partial charge is 0.481 e. The van der Waals surface area contributed by atoms with Crippen molar-refractivity contribution in [2.75, 3.05) is 6.61 Å². The number of ether oxygens (including phenoxy) is 1. The highest BCUT2D eigenvalue weighted by Crippen LogP contribution is 2.34. The maximum absolute atomic E-state index is 11.0. The molecular formula is C10H14N2O3. The van der Waals surface area contributed by atoms with E-state index in [9.17, 15) is 4.79 Å². The summed E-state index contributed by atoms with van der Waals surface area (Å²) in [6.07, 6.45) is 3.79. The minimum absolute atomic E-state index is 0.331. The van der Waals surface area contributed by atoms with Gasteiger partial charge in [-0.1, -0.05) is 0 Å². The summed E-state index contributed by atoms with van der Waals surface area (Å²) >= 11 is 0. The second-order valence-electron chi connectivity index (χ2n) is 3.65. The minimum Gasteiger partial charge on any atom is -0.481 e. The van der Waals surface area contributed by atoms with Crippen LogP contribution >= 0.6 is 0 Å². The lowest BCUT2D eigenvalue weighted by Crippen LogP contribution is -2.17. The number of aromatic nitrogens is 2. The molecule has 0 aliphatic carbocycles. The summed E-state index contributed by atoms with van der Waals surface area (Å²) in [5.74, 6) is -1.22. The summed E-state index contributed by atoms with van der Waals surface area (Å²) in [5, 5.41) is 13.1. The van der Waals surface area contributed by atoms with Gasteiger partial charge in [0, 0.05) is 24.9 Å². The van der Waals surface area contributed by atoms with E-state index in [-0.39, 0.29) is 6.10 Å². The lowest BCUT2D eigenvalue weighted by atomic mass is 9.98. The molecular weight excluding hydrogens is 196 g/mol. The van der Waals surface area contributed by atoms with Gasteiger partial charge >= 0.3 is 5.97 Å². The van der Waals surface area contributed by atoms with Crippen LogP contribution in [0.5, 0.6) is 0 Å². The highest BCUT2D eigenvalue weighted by molar-refractivity contribution is 5.71. The van der Waals surface area contributed by atoms with Crippen molar-refractivity contribution in [3.05, 3.63) is 18.0 Å². The average Bonchev–Trinajstić information content (AvgIpc) is 2.85. The van der Waals surface area contributed by atoms with Crippen molar-refractivity contribution in [1.82, 2.24) is 9.78 Å². The van der Waals surface area contributed by atoms with Gasteiger partial charge in [0.15, 0.2) is 0 Å². The third kappa shape index (κ3) is 1.87. The van der Waals surface area contributed by atoms with Crippen molar-refractivity contribution in [2.24, 2.45) is 5.92 Å². The topological polar surface area (TPSA) is 64.3 Å². The van der Waals surface area contributed by atoms with Crippen LogP contribution in [-0.4, -0.2) is 27.5 Å². The van der Waals surface area contributed by atoms with Gasteiger partial charge in [0.1, 0.15) is 0 Å². The molecule has 0 radical (unpaired) electrons. The predicted octanol–water partition coefficient (Wildman–Crippen LogP) is 1.07. The molecule has 1 aliphatic heterocycles. The van der Waals surface area contributed by atoms with Crippen LogP contribution in [-0.2, 0) is 16.1 Å². The average molecular weight is 210 g/mol. The summed E-state index contributed by atoms with van der Waals surface area (Å²) in [5.41, 5.74) is 0.863. The van der Waals surface area contributed by atoms with E-state index in [2.05, 4.69) is 5.10 Å². The molecule has 0 amide bonds. The smallest absolute Gasteiger partial charge is 0.309 e. The van der Waals surface area contributed by atoms with E-state index in [1.165, 1.54) is 0 Å². The summed E-state index contributed by atoms with van der Waals surface area (Å²) in [7, 11) is 0. The number of hydrogen-bond acceptors (Lipinski definition) is 3. The van der Waals surface area contributed by atoms with Crippen LogP contribution in [0.15, 0.2) is 12.4 Å². The zero-order chi connectivity index (χ0) is 10.8. The van der Waals surface area contributed by atoms with Crippen LogP contribution in [0, 0.1) is 5.92 Å². The van der Waals surface area contributed by atoms with Crippen LogP contribution in [0.3, 0.4) is 0 Å². The number of carboxylic acid groups (broad SMARTS) is 1. The molecule has 1 fully saturated rings.